The van der Waals surface area contributed by atoms with E-state index in [0.29, 0.717) is 23.2 Å². The quantitative estimate of drug-likeness (QED) is 0.925. The van der Waals surface area contributed by atoms with Crippen LogP contribution < -0.4 is 14.2 Å². The lowest BCUT2D eigenvalue weighted by Gasteiger charge is -2.27. The Morgan fingerprint density at radius 3 is 2.24 bits per heavy atom. The summed E-state index contributed by atoms with van der Waals surface area (Å²) < 4.78 is 16.0. The van der Waals surface area contributed by atoms with E-state index in [4.69, 9.17) is 14.2 Å². The first-order valence-electron chi connectivity index (χ1n) is 7.29. The van der Waals surface area contributed by atoms with E-state index in [1.807, 2.05) is 18.2 Å². The summed E-state index contributed by atoms with van der Waals surface area (Å²) in [7, 11) is 4.79. The molecule has 4 nitrogen and oxygen atoms in total. The fourth-order valence-electron chi connectivity index (χ4n) is 2.86. The van der Waals surface area contributed by atoms with Gasteiger partial charge in [-0.2, -0.15) is 0 Å². The van der Waals surface area contributed by atoms with Crippen LogP contribution in [0.4, 0.5) is 0 Å². The van der Waals surface area contributed by atoms with Gasteiger partial charge in [0.05, 0.1) is 27.4 Å². The van der Waals surface area contributed by atoms with Gasteiger partial charge >= 0.3 is 0 Å². The van der Waals surface area contributed by atoms with Gasteiger partial charge in [0.25, 0.3) is 0 Å². The Bertz CT molecular complexity index is 497. The van der Waals surface area contributed by atoms with Crippen molar-refractivity contribution < 1.29 is 19.3 Å². The lowest BCUT2D eigenvalue weighted by Crippen LogP contribution is -2.24. The third-order valence-electron chi connectivity index (χ3n) is 4.08. The summed E-state index contributed by atoms with van der Waals surface area (Å²) in [6, 6.07) is 3.81. The average molecular weight is 292 g/mol. The van der Waals surface area contributed by atoms with Crippen molar-refractivity contribution in [1.29, 1.82) is 0 Å². The molecule has 1 aliphatic carbocycles. The third-order valence-corrected chi connectivity index (χ3v) is 4.08. The lowest BCUT2D eigenvalue weighted by molar-refractivity contribution is 0.126. The predicted octanol–water partition coefficient (Wildman–Crippen LogP) is 3.28. The van der Waals surface area contributed by atoms with Gasteiger partial charge in [0.1, 0.15) is 0 Å². The number of aliphatic hydroxyl groups excluding tert-OH is 1. The molecule has 116 valence electrons. The minimum atomic E-state index is -0.363. The van der Waals surface area contributed by atoms with Crippen LogP contribution in [0.3, 0.4) is 0 Å². The van der Waals surface area contributed by atoms with E-state index in [1.54, 1.807) is 21.3 Å². The molecule has 1 fully saturated rings. The second-order valence-corrected chi connectivity index (χ2v) is 5.49. The number of hydrogen-bond donors (Lipinski definition) is 1. The number of rotatable bonds is 4. The van der Waals surface area contributed by atoms with Crippen LogP contribution in [-0.2, 0) is 0 Å². The van der Waals surface area contributed by atoms with Gasteiger partial charge in [0.2, 0.25) is 5.75 Å². The Morgan fingerprint density at radius 2 is 1.71 bits per heavy atom. The minimum Gasteiger partial charge on any atom is -0.493 e. The molecule has 2 atom stereocenters. The van der Waals surface area contributed by atoms with Crippen LogP contribution in [0.15, 0.2) is 17.7 Å². The lowest BCUT2D eigenvalue weighted by atomic mass is 9.83. The van der Waals surface area contributed by atoms with Gasteiger partial charge in [-0.05, 0) is 48.4 Å². The largest absolute Gasteiger partial charge is 0.493 e. The molecule has 0 bridgehead atoms. The van der Waals surface area contributed by atoms with Crippen LogP contribution in [0, 0.1) is 5.92 Å². The molecule has 0 amide bonds. The molecule has 1 aromatic carbocycles. The van der Waals surface area contributed by atoms with E-state index in [9.17, 15) is 5.11 Å². The molecule has 0 heterocycles. The number of methoxy groups -OCH3 is 3. The monoisotopic (exact) mass is 292 g/mol. The Labute approximate surface area is 126 Å². The molecule has 2 unspecified atom stereocenters. The Morgan fingerprint density at radius 1 is 1.10 bits per heavy atom. The highest BCUT2D eigenvalue weighted by atomic mass is 16.5. The highest BCUT2D eigenvalue weighted by Crippen LogP contribution is 2.39. The summed E-state index contributed by atoms with van der Waals surface area (Å²) in [6.45, 7) is 2.09. The van der Waals surface area contributed by atoms with Crippen LogP contribution in [0.2, 0.25) is 0 Å². The van der Waals surface area contributed by atoms with Crippen LogP contribution in [0.1, 0.15) is 31.7 Å². The Balaban J connectivity index is 2.40. The Kier molecular flexibility index (Phi) is 5.12. The fourth-order valence-corrected chi connectivity index (χ4v) is 2.86. The van der Waals surface area contributed by atoms with Gasteiger partial charge in [0.15, 0.2) is 11.5 Å². The number of ether oxygens (including phenoxy) is 3. The van der Waals surface area contributed by atoms with E-state index in [1.165, 1.54) is 0 Å². The molecule has 1 N–H and O–H groups in total. The topological polar surface area (TPSA) is 47.9 Å². The van der Waals surface area contributed by atoms with Crippen molar-refractivity contribution in [3.05, 3.63) is 23.3 Å². The van der Waals surface area contributed by atoms with Crippen LogP contribution in [0.5, 0.6) is 17.2 Å². The number of hydrogen-bond acceptors (Lipinski definition) is 4. The van der Waals surface area contributed by atoms with Crippen molar-refractivity contribution in [3.8, 4) is 17.2 Å². The first kappa shape index (κ1) is 15.7. The molecule has 2 rings (SSSR count). The van der Waals surface area contributed by atoms with E-state index in [-0.39, 0.29) is 6.10 Å². The first-order valence-corrected chi connectivity index (χ1v) is 7.29. The van der Waals surface area contributed by atoms with Crippen molar-refractivity contribution in [2.75, 3.05) is 21.3 Å². The maximum Gasteiger partial charge on any atom is 0.203 e. The molecular formula is C17H24O4. The van der Waals surface area contributed by atoms with Crippen LogP contribution in [0.25, 0.3) is 6.08 Å². The minimum absolute atomic E-state index is 0.312. The normalized spacial score (nSPS) is 24.0. The van der Waals surface area contributed by atoms with Crippen LogP contribution in [-0.4, -0.2) is 32.5 Å². The van der Waals surface area contributed by atoms with Gasteiger partial charge in [-0.3, -0.25) is 0 Å². The van der Waals surface area contributed by atoms with Crippen molar-refractivity contribution in [1.82, 2.24) is 0 Å². The van der Waals surface area contributed by atoms with E-state index >= 15 is 0 Å². The first-order chi connectivity index (χ1) is 10.1. The molecule has 1 aliphatic rings. The van der Waals surface area contributed by atoms with E-state index in [2.05, 4.69) is 6.92 Å². The number of benzene rings is 1. The van der Waals surface area contributed by atoms with Gasteiger partial charge in [-0.15, -0.1) is 0 Å². The van der Waals surface area contributed by atoms with Crippen molar-refractivity contribution >= 4 is 6.08 Å². The summed E-state index contributed by atoms with van der Waals surface area (Å²) in [5.41, 5.74) is 2.02. The molecule has 1 saturated carbocycles. The van der Waals surface area contributed by atoms with E-state index < -0.39 is 0 Å². The third kappa shape index (κ3) is 3.32. The summed E-state index contributed by atoms with van der Waals surface area (Å²) in [4.78, 5) is 0. The summed E-state index contributed by atoms with van der Waals surface area (Å²) in [5, 5.41) is 10.3. The number of aliphatic hydroxyl groups is 1. The predicted molar refractivity (Wildman–Crippen MR) is 83.1 cm³/mol. The molecule has 4 heteroatoms. The standard InChI is InChI=1S/C17H24O4/c1-11-6-5-7-13(16(11)18)8-12-9-14(19-2)17(21-4)15(10-12)20-3/h8-11,16,18H,5-7H2,1-4H3/b13-8+. The highest BCUT2D eigenvalue weighted by molar-refractivity contribution is 5.64. The van der Waals surface area contributed by atoms with Crippen molar-refractivity contribution in [2.45, 2.75) is 32.3 Å². The summed E-state index contributed by atoms with van der Waals surface area (Å²) in [5.74, 6) is 2.15. The molecule has 21 heavy (non-hydrogen) atoms. The zero-order chi connectivity index (χ0) is 15.4. The second kappa shape index (κ2) is 6.85. The van der Waals surface area contributed by atoms with Crippen molar-refractivity contribution in [2.24, 2.45) is 5.92 Å². The molecule has 1 aromatic rings. The van der Waals surface area contributed by atoms with E-state index in [0.717, 1.165) is 30.4 Å². The zero-order valence-corrected chi connectivity index (χ0v) is 13.2. The zero-order valence-electron chi connectivity index (χ0n) is 13.2. The molecule has 0 saturated heterocycles. The van der Waals surface area contributed by atoms with Crippen LogP contribution >= 0.6 is 0 Å². The average Bonchev–Trinajstić information content (AvgIpc) is 2.50. The summed E-state index contributed by atoms with van der Waals surface area (Å²) in [6.07, 6.45) is 4.80. The van der Waals surface area contributed by atoms with Crippen molar-refractivity contribution in [3.63, 3.8) is 0 Å². The SMILES string of the molecule is COc1cc(/C=C2\CCCC(C)C2O)cc(OC)c1OC. The smallest absolute Gasteiger partial charge is 0.203 e. The summed E-state index contributed by atoms with van der Waals surface area (Å²) >= 11 is 0. The van der Waals surface area contributed by atoms with Gasteiger partial charge in [-0.25, -0.2) is 0 Å². The van der Waals surface area contributed by atoms with Gasteiger partial charge < -0.3 is 19.3 Å². The van der Waals surface area contributed by atoms with Gasteiger partial charge in [0, 0.05) is 0 Å². The maximum absolute atomic E-state index is 10.3. The molecule has 0 radical (unpaired) electrons. The fraction of sp³-hybridized carbons (Fsp3) is 0.529. The molecule has 0 aliphatic heterocycles. The van der Waals surface area contributed by atoms with Gasteiger partial charge in [-0.1, -0.05) is 13.0 Å². The Hall–Kier alpha value is -1.68. The molecule has 0 spiro atoms. The highest BCUT2D eigenvalue weighted by Gasteiger charge is 2.23. The molecular weight excluding hydrogens is 268 g/mol. The second-order valence-electron chi connectivity index (χ2n) is 5.49. The maximum atomic E-state index is 10.3. The molecule has 0 aromatic heterocycles.